The highest BCUT2D eigenvalue weighted by Gasteiger charge is 2.11. The van der Waals surface area contributed by atoms with Crippen molar-refractivity contribution < 1.29 is 13.9 Å². The zero-order valence-corrected chi connectivity index (χ0v) is 8.79. The van der Waals surface area contributed by atoms with Crippen LogP contribution in [0.1, 0.15) is 12.5 Å². The van der Waals surface area contributed by atoms with Gasteiger partial charge in [0.2, 0.25) is 5.91 Å². The van der Waals surface area contributed by atoms with E-state index in [4.69, 9.17) is 10.5 Å². The fourth-order valence-electron chi connectivity index (χ4n) is 1.02. The summed E-state index contributed by atoms with van der Waals surface area (Å²) in [6.07, 6.45) is 0. The first-order valence-corrected chi connectivity index (χ1v) is 4.69. The van der Waals surface area contributed by atoms with Crippen LogP contribution in [0.5, 0.6) is 5.75 Å². The van der Waals surface area contributed by atoms with Gasteiger partial charge in [0.25, 0.3) is 0 Å². The third-order valence-electron chi connectivity index (χ3n) is 2.06. The SMILES string of the molecule is Cc1ccc(F)c(OCC(C)C(N)=O)c1. The summed E-state index contributed by atoms with van der Waals surface area (Å²) in [5.41, 5.74) is 5.96. The average Bonchev–Trinajstić information content (AvgIpc) is 2.18. The van der Waals surface area contributed by atoms with Gasteiger partial charge in [0.1, 0.15) is 0 Å². The molecule has 0 saturated carbocycles. The summed E-state index contributed by atoms with van der Waals surface area (Å²) in [6, 6.07) is 4.57. The van der Waals surface area contributed by atoms with Crippen LogP contribution in [0.15, 0.2) is 18.2 Å². The molecule has 0 aliphatic heterocycles. The minimum atomic E-state index is -0.455. The Kier molecular flexibility index (Phi) is 3.66. The molecule has 2 N–H and O–H groups in total. The Morgan fingerprint density at radius 1 is 1.60 bits per heavy atom. The Balaban J connectivity index is 2.65. The molecule has 0 heterocycles. The Morgan fingerprint density at radius 2 is 2.27 bits per heavy atom. The number of carbonyl (C=O) groups excluding carboxylic acids is 1. The Hall–Kier alpha value is -1.58. The van der Waals surface area contributed by atoms with Gasteiger partial charge in [-0.25, -0.2) is 4.39 Å². The topological polar surface area (TPSA) is 52.3 Å². The van der Waals surface area contributed by atoms with Crippen LogP contribution >= 0.6 is 0 Å². The minimum absolute atomic E-state index is 0.0930. The monoisotopic (exact) mass is 211 g/mol. The first kappa shape index (κ1) is 11.5. The van der Waals surface area contributed by atoms with E-state index >= 15 is 0 Å². The molecule has 1 amide bonds. The van der Waals surface area contributed by atoms with Crippen molar-refractivity contribution >= 4 is 5.91 Å². The van der Waals surface area contributed by atoms with Gasteiger partial charge in [-0.2, -0.15) is 0 Å². The van der Waals surface area contributed by atoms with Gasteiger partial charge in [-0.1, -0.05) is 13.0 Å². The van der Waals surface area contributed by atoms with Gasteiger partial charge in [0.15, 0.2) is 11.6 Å². The highest BCUT2D eigenvalue weighted by atomic mass is 19.1. The molecule has 1 aromatic rings. The van der Waals surface area contributed by atoms with Crippen LogP contribution in [0, 0.1) is 18.7 Å². The zero-order valence-electron chi connectivity index (χ0n) is 8.79. The third kappa shape index (κ3) is 3.23. The van der Waals surface area contributed by atoms with Gasteiger partial charge in [-0.05, 0) is 24.6 Å². The van der Waals surface area contributed by atoms with Crippen LogP contribution in [-0.2, 0) is 4.79 Å². The summed E-state index contributed by atoms with van der Waals surface area (Å²) in [5, 5.41) is 0. The third-order valence-corrected chi connectivity index (χ3v) is 2.06. The van der Waals surface area contributed by atoms with Gasteiger partial charge in [0, 0.05) is 0 Å². The molecular weight excluding hydrogens is 197 g/mol. The maximum absolute atomic E-state index is 13.2. The lowest BCUT2D eigenvalue weighted by molar-refractivity contribution is -0.122. The number of rotatable bonds is 4. The Labute approximate surface area is 88.0 Å². The maximum Gasteiger partial charge on any atom is 0.223 e. The van der Waals surface area contributed by atoms with Gasteiger partial charge in [-0.15, -0.1) is 0 Å². The number of carbonyl (C=O) groups is 1. The largest absolute Gasteiger partial charge is 0.490 e. The van der Waals surface area contributed by atoms with E-state index in [9.17, 15) is 9.18 Å². The second kappa shape index (κ2) is 4.77. The molecule has 15 heavy (non-hydrogen) atoms. The van der Waals surface area contributed by atoms with E-state index in [2.05, 4.69) is 0 Å². The summed E-state index contributed by atoms with van der Waals surface area (Å²) >= 11 is 0. The predicted octanol–water partition coefficient (Wildman–Crippen LogP) is 1.63. The molecule has 1 aromatic carbocycles. The van der Waals surface area contributed by atoms with Crippen LogP contribution in [0.4, 0.5) is 4.39 Å². The molecule has 4 heteroatoms. The Morgan fingerprint density at radius 3 is 2.87 bits per heavy atom. The van der Waals surface area contributed by atoms with Gasteiger partial charge in [0.05, 0.1) is 12.5 Å². The molecule has 0 radical (unpaired) electrons. The summed E-state index contributed by atoms with van der Waals surface area (Å²) in [7, 11) is 0. The number of primary amides is 1. The van der Waals surface area contributed by atoms with Crippen LogP contribution in [-0.4, -0.2) is 12.5 Å². The molecule has 1 rings (SSSR count). The van der Waals surface area contributed by atoms with Crippen molar-refractivity contribution in [3.63, 3.8) is 0 Å². The molecule has 1 unspecified atom stereocenters. The number of hydrogen-bond donors (Lipinski definition) is 1. The van der Waals surface area contributed by atoms with Crippen LogP contribution in [0.3, 0.4) is 0 Å². The first-order chi connectivity index (χ1) is 7.00. The number of nitrogens with two attached hydrogens (primary N) is 1. The summed E-state index contributed by atoms with van der Waals surface area (Å²) in [4.78, 5) is 10.7. The lowest BCUT2D eigenvalue weighted by Crippen LogP contribution is -2.25. The number of ether oxygens (including phenoxy) is 1. The molecule has 0 fully saturated rings. The van der Waals surface area contributed by atoms with E-state index in [1.807, 2.05) is 6.92 Å². The minimum Gasteiger partial charge on any atom is -0.490 e. The second-order valence-corrected chi connectivity index (χ2v) is 3.55. The Bertz CT molecular complexity index is 366. The van der Waals surface area contributed by atoms with E-state index in [1.165, 1.54) is 6.07 Å². The molecule has 0 bridgehead atoms. The van der Waals surface area contributed by atoms with Crippen molar-refractivity contribution in [2.75, 3.05) is 6.61 Å². The van der Waals surface area contributed by atoms with Crippen molar-refractivity contribution in [3.8, 4) is 5.75 Å². The molecule has 3 nitrogen and oxygen atoms in total. The number of aryl methyl sites for hydroxylation is 1. The lowest BCUT2D eigenvalue weighted by Gasteiger charge is -2.10. The average molecular weight is 211 g/mol. The van der Waals surface area contributed by atoms with E-state index in [0.29, 0.717) is 0 Å². The van der Waals surface area contributed by atoms with Crippen molar-refractivity contribution in [2.24, 2.45) is 11.7 Å². The molecule has 0 spiro atoms. The van der Waals surface area contributed by atoms with Crippen molar-refractivity contribution in [1.29, 1.82) is 0 Å². The summed E-state index contributed by atoms with van der Waals surface area (Å²) < 4.78 is 18.3. The van der Waals surface area contributed by atoms with E-state index in [-0.39, 0.29) is 12.4 Å². The standard InChI is InChI=1S/C11H14FNO2/c1-7-3-4-9(12)10(5-7)15-6-8(2)11(13)14/h3-5,8H,6H2,1-2H3,(H2,13,14). The molecule has 0 aliphatic carbocycles. The van der Waals surface area contributed by atoms with E-state index in [1.54, 1.807) is 19.1 Å². The molecule has 1 atom stereocenters. The highest BCUT2D eigenvalue weighted by molar-refractivity contribution is 5.76. The summed E-state index contributed by atoms with van der Waals surface area (Å²) in [6.45, 7) is 3.57. The zero-order chi connectivity index (χ0) is 11.4. The smallest absolute Gasteiger partial charge is 0.223 e. The highest BCUT2D eigenvalue weighted by Crippen LogP contribution is 2.18. The molecule has 82 valence electrons. The van der Waals surface area contributed by atoms with Crippen molar-refractivity contribution in [3.05, 3.63) is 29.6 Å². The lowest BCUT2D eigenvalue weighted by atomic mass is 10.2. The maximum atomic E-state index is 13.2. The van der Waals surface area contributed by atoms with Gasteiger partial charge >= 0.3 is 0 Å². The van der Waals surface area contributed by atoms with E-state index < -0.39 is 17.6 Å². The van der Waals surface area contributed by atoms with Gasteiger partial charge in [-0.3, -0.25) is 4.79 Å². The van der Waals surface area contributed by atoms with E-state index in [0.717, 1.165) is 5.56 Å². The summed E-state index contributed by atoms with van der Waals surface area (Å²) in [5.74, 6) is -1.16. The molecule has 0 saturated heterocycles. The first-order valence-electron chi connectivity index (χ1n) is 4.69. The molecule has 0 aromatic heterocycles. The van der Waals surface area contributed by atoms with Crippen LogP contribution in [0.2, 0.25) is 0 Å². The number of halogens is 1. The number of amides is 1. The van der Waals surface area contributed by atoms with Crippen LogP contribution in [0.25, 0.3) is 0 Å². The fraction of sp³-hybridized carbons (Fsp3) is 0.364. The number of benzene rings is 1. The quantitative estimate of drug-likeness (QED) is 0.823. The predicted molar refractivity (Wildman–Crippen MR) is 55.0 cm³/mol. The molecule has 0 aliphatic rings. The van der Waals surface area contributed by atoms with Crippen molar-refractivity contribution in [2.45, 2.75) is 13.8 Å². The van der Waals surface area contributed by atoms with Gasteiger partial charge < -0.3 is 10.5 Å². The number of hydrogen-bond acceptors (Lipinski definition) is 2. The normalized spacial score (nSPS) is 12.2. The fourth-order valence-corrected chi connectivity index (χ4v) is 1.02. The molecular formula is C11H14FNO2. The van der Waals surface area contributed by atoms with Crippen LogP contribution < -0.4 is 10.5 Å². The second-order valence-electron chi connectivity index (χ2n) is 3.55. The van der Waals surface area contributed by atoms with Crippen molar-refractivity contribution in [1.82, 2.24) is 0 Å².